The Hall–Kier alpha value is -3.93. The number of hydrogen-bond donors (Lipinski definition) is 0. The van der Waals surface area contributed by atoms with E-state index in [4.69, 9.17) is 9.47 Å². The second-order valence-electron chi connectivity index (χ2n) is 7.38. The van der Waals surface area contributed by atoms with Crippen molar-refractivity contribution in [1.82, 2.24) is 4.57 Å². The minimum atomic E-state index is -0.560. The topological polar surface area (TPSA) is 74.6 Å². The number of carbonyl (C=O) groups is 3. The van der Waals surface area contributed by atoms with Gasteiger partial charge in [-0.05, 0) is 55.3 Å². The van der Waals surface area contributed by atoms with Crippen molar-refractivity contribution in [2.24, 2.45) is 0 Å². The monoisotopic (exact) mass is 431 g/mol. The fraction of sp³-hybridized carbons (Fsp3) is 0.192. The fourth-order valence-corrected chi connectivity index (χ4v) is 3.47. The summed E-state index contributed by atoms with van der Waals surface area (Å²) in [5.41, 5.74) is 4.48. The van der Waals surface area contributed by atoms with E-state index in [9.17, 15) is 14.4 Å². The third-order valence-corrected chi connectivity index (χ3v) is 5.09. The number of hydrogen-bond acceptors (Lipinski definition) is 5. The molecule has 0 spiro atoms. The molecule has 0 bridgehead atoms. The highest BCUT2D eigenvalue weighted by Crippen LogP contribution is 2.23. The van der Waals surface area contributed by atoms with Crippen LogP contribution in [0, 0.1) is 13.8 Å². The fourth-order valence-electron chi connectivity index (χ4n) is 3.47. The van der Waals surface area contributed by atoms with E-state index in [0.717, 1.165) is 22.5 Å². The summed E-state index contributed by atoms with van der Waals surface area (Å²) in [5, 5.41) is 0. The molecule has 0 unspecified atom stereocenters. The molecule has 0 radical (unpaired) electrons. The number of nitrogens with zero attached hydrogens (tertiary/aromatic N) is 1. The highest BCUT2D eigenvalue weighted by molar-refractivity contribution is 6.00. The molecule has 6 nitrogen and oxygen atoms in total. The third kappa shape index (κ3) is 5.21. The molecule has 3 rings (SSSR count). The van der Waals surface area contributed by atoms with Gasteiger partial charge in [0.05, 0.1) is 5.56 Å². The molecule has 0 amide bonds. The van der Waals surface area contributed by atoms with Crippen LogP contribution in [0.15, 0.2) is 67.3 Å². The molecule has 1 aromatic heterocycles. The molecular weight excluding hydrogens is 406 g/mol. The summed E-state index contributed by atoms with van der Waals surface area (Å²) in [6.07, 6.45) is 1.77. The summed E-state index contributed by atoms with van der Waals surface area (Å²) in [6, 6.07) is 15.8. The molecule has 32 heavy (non-hydrogen) atoms. The molecular formula is C26H25NO5. The average molecular weight is 431 g/mol. The van der Waals surface area contributed by atoms with Gasteiger partial charge in [0.2, 0.25) is 5.78 Å². The van der Waals surface area contributed by atoms with Crippen LogP contribution in [0.2, 0.25) is 0 Å². The Morgan fingerprint density at radius 3 is 2.12 bits per heavy atom. The lowest BCUT2D eigenvalue weighted by Crippen LogP contribution is -2.15. The predicted octanol–water partition coefficient (Wildman–Crippen LogP) is 4.92. The van der Waals surface area contributed by atoms with Gasteiger partial charge in [-0.25, -0.2) is 4.79 Å². The van der Waals surface area contributed by atoms with Gasteiger partial charge < -0.3 is 14.0 Å². The average Bonchev–Trinajstić information content (AvgIpc) is 3.06. The van der Waals surface area contributed by atoms with Crippen LogP contribution >= 0.6 is 0 Å². The van der Waals surface area contributed by atoms with E-state index in [-0.39, 0.29) is 18.4 Å². The summed E-state index contributed by atoms with van der Waals surface area (Å²) in [4.78, 5) is 36.0. The Balaban J connectivity index is 1.62. The van der Waals surface area contributed by atoms with Crippen LogP contribution in [0.1, 0.15) is 39.0 Å². The molecule has 1 heterocycles. The second-order valence-corrected chi connectivity index (χ2v) is 7.38. The molecule has 2 aromatic carbocycles. The van der Waals surface area contributed by atoms with Gasteiger partial charge in [-0.3, -0.25) is 9.59 Å². The number of allylic oxidation sites excluding steroid dienone is 1. The molecule has 0 fully saturated rings. The number of ketones is 1. The van der Waals surface area contributed by atoms with Crippen molar-refractivity contribution >= 4 is 17.7 Å². The van der Waals surface area contributed by atoms with E-state index in [1.165, 1.54) is 6.92 Å². The van der Waals surface area contributed by atoms with Gasteiger partial charge in [-0.2, -0.15) is 0 Å². The molecule has 6 heteroatoms. The van der Waals surface area contributed by atoms with Gasteiger partial charge in [0, 0.05) is 30.4 Å². The second kappa shape index (κ2) is 9.92. The standard InChI is InChI=1S/C26H25NO5/c1-5-14-27-17(2)15-24(18(27)3)25(29)16-31-26(30)22-8-6-20(7-9-22)21-10-12-23(13-11-21)32-19(4)28/h5-13,15H,1,14,16H2,2-4H3. The van der Waals surface area contributed by atoms with Gasteiger partial charge in [0.1, 0.15) is 5.75 Å². The maximum Gasteiger partial charge on any atom is 0.338 e. The highest BCUT2D eigenvalue weighted by atomic mass is 16.5. The molecule has 3 aromatic rings. The van der Waals surface area contributed by atoms with Gasteiger partial charge in [0.15, 0.2) is 6.61 Å². The minimum Gasteiger partial charge on any atom is -0.454 e. The Morgan fingerprint density at radius 2 is 1.56 bits per heavy atom. The SMILES string of the molecule is C=CCn1c(C)cc(C(=O)COC(=O)c2ccc(-c3ccc(OC(C)=O)cc3)cc2)c1C. The zero-order valence-electron chi connectivity index (χ0n) is 18.4. The molecule has 0 atom stereocenters. The van der Waals surface area contributed by atoms with E-state index in [0.29, 0.717) is 23.4 Å². The van der Waals surface area contributed by atoms with Crippen LogP contribution < -0.4 is 4.74 Å². The number of Topliss-reactive ketones (excluding diaryl/α,β-unsaturated/α-hetero) is 1. The summed E-state index contributed by atoms with van der Waals surface area (Å²) < 4.78 is 12.3. The number of esters is 2. The summed E-state index contributed by atoms with van der Waals surface area (Å²) in [5.74, 6) is -0.712. The summed E-state index contributed by atoms with van der Waals surface area (Å²) >= 11 is 0. The number of ether oxygens (including phenoxy) is 2. The van der Waals surface area contributed by atoms with Crippen molar-refractivity contribution < 1.29 is 23.9 Å². The lowest BCUT2D eigenvalue weighted by atomic mass is 10.0. The van der Waals surface area contributed by atoms with Crippen LogP contribution in [0.3, 0.4) is 0 Å². The first-order chi connectivity index (χ1) is 15.3. The molecule has 0 N–H and O–H groups in total. The molecule has 0 aliphatic heterocycles. The van der Waals surface area contributed by atoms with Gasteiger partial charge in [0.25, 0.3) is 0 Å². The van der Waals surface area contributed by atoms with Crippen LogP contribution in [0.4, 0.5) is 0 Å². The van der Waals surface area contributed by atoms with E-state index >= 15 is 0 Å². The first-order valence-corrected chi connectivity index (χ1v) is 10.2. The minimum absolute atomic E-state index is 0.244. The Kier molecular flexibility index (Phi) is 7.05. The zero-order chi connectivity index (χ0) is 23.3. The van der Waals surface area contributed by atoms with Crippen molar-refractivity contribution in [3.63, 3.8) is 0 Å². The lowest BCUT2D eigenvalue weighted by molar-refractivity contribution is -0.131. The molecule has 164 valence electrons. The quantitative estimate of drug-likeness (QED) is 0.219. The van der Waals surface area contributed by atoms with Crippen LogP contribution in [-0.4, -0.2) is 28.9 Å². The maximum absolute atomic E-state index is 12.6. The number of carbonyl (C=O) groups excluding carboxylic acids is 3. The molecule has 0 saturated heterocycles. The van der Waals surface area contributed by atoms with Crippen molar-refractivity contribution in [3.05, 3.63) is 89.8 Å². The Bertz CT molecular complexity index is 1150. The first-order valence-electron chi connectivity index (χ1n) is 10.2. The van der Waals surface area contributed by atoms with E-state index < -0.39 is 5.97 Å². The number of aryl methyl sites for hydroxylation is 1. The molecule has 0 saturated carbocycles. The Labute approximate surface area is 187 Å². The van der Waals surface area contributed by atoms with Gasteiger partial charge >= 0.3 is 11.9 Å². The van der Waals surface area contributed by atoms with Gasteiger partial charge in [-0.1, -0.05) is 30.3 Å². The third-order valence-electron chi connectivity index (χ3n) is 5.09. The predicted molar refractivity (Wildman–Crippen MR) is 122 cm³/mol. The Morgan fingerprint density at radius 1 is 0.969 bits per heavy atom. The largest absolute Gasteiger partial charge is 0.454 e. The van der Waals surface area contributed by atoms with E-state index in [1.807, 2.05) is 30.5 Å². The molecule has 0 aliphatic carbocycles. The van der Waals surface area contributed by atoms with Crippen LogP contribution in [-0.2, 0) is 16.1 Å². The first kappa shape index (κ1) is 22.7. The summed E-state index contributed by atoms with van der Waals surface area (Å²) in [7, 11) is 0. The summed E-state index contributed by atoms with van der Waals surface area (Å²) in [6.45, 7) is 9.16. The number of rotatable bonds is 8. The van der Waals surface area contributed by atoms with Crippen molar-refractivity contribution in [2.75, 3.05) is 6.61 Å². The number of aromatic nitrogens is 1. The van der Waals surface area contributed by atoms with E-state index in [2.05, 4.69) is 6.58 Å². The van der Waals surface area contributed by atoms with Crippen molar-refractivity contribution in [2.45, 2.75) is 27.3 Å². The van der Waals surface area contributed by atoms with E-state index in [1.54, 1.807) is 48.5 Å². The maximum atomic E-state index is 12.6. The van der Waals surface area contributed by atoms with Gasteiger partial charge in [-0.15, -0.1) is 6.58 Å². The zero-order valence-corrected chi connectivity index (χ0v) is 18.4. The van der Waals surface area contributed by atoms with Crippen molar-refractivity contribution in [1.29, 1.82) is 0 Å². The smallest absolute Gasteiger partial charge is 0.338 e. The van der Waals surface area contributed by atoms with Crippen LogP contribution in [0.25, 0.3) is 11.1 Å². The highest BCUT2D eigenvalue weighted by Gasteiger charge is 2.17. The van der Waals surface area contributed by atoms with Crippen LogP contribution in [0.5, 0.6) is 5.75 Å². The number of benzene rings is 2. The molecule has 0 aliphatic rings. The normalized spacial score (nSPS) is 10.5. The lowest BCUT2D eigenvalue weighted by Gasteiger charge is -2.08. The van der Waals surface area contributed by atoms with Crippen molar-refractivity contribution in [3.8, 4) is 16.9 Å².